The van der Waals surface area contributed by atoms with Gasteiger partial charge in [-0.25, -0.2) is 0 Å². The topological polar surface area (TPSA) is 36.0 Å². The zero-order valence-electron chi connectivity index (χ0n) is 20.0. The third-order valence-corrected chi connectivity index (χ3v) is 6.41. The van der Waals surface area contributed by atoms with Gasteiger partial charge in [-0.05, 0) is 56.5 Å². The lowest BCUT2D eigenvalue weighted by Crippen LogP contribution is -2.46. The van der Waals surface area contributed by atoms with Crippen molar-refractivity contribution in [2.75, 3.05) is 44.2 Å². The minimum atomic E-state index is 0. The number of nitrogens with zero attached hydrogens (tertiary/aromatic N) is 3. The molecule has 2 aliphatic rings. The molecule has 0 N–H and O–H groups in total. The highest BCUT2D eigenvalue weighted by atomic mass is 35.5. The molecule has 2 saturated heterocycles. The molecule has 0 aromatic heterocycles. The Morgan fingerprint density at radius 3 is 2.27 bits per heavy atom. The number of piperazine rings is 1. The zero-order valence-corrected chi connectivity index (χ0v) is 20.9. The van der Waals surface area contributed by atoms with E-state index in [0.717, 1.165) is 70.0 Å². The molecule has 0 spiro atoms. The Kier molecular flexibility index (Phi) is 9.45. The van der Waals surface area contributed by atoms with Crippen LogP contribution in [-0.2, 0) is 6.54 Å². The first-order chi connectivity index (χ1) is 15.6. The number of anilines is 1. The van der Waals surface area contributed by atoms with E-state index < -0.39 is 0 Å². The average Bonchev–Trinajstić information content (AvgIpc) is 3.09. The molecular weight excluding hydrogens is 434 g/mol. The SMILES string of the molecule is CC(C)Oc1ccccc1N1CCN(Cc2cccc(C(=O)N3CCCCCC3)c2)CC1.Cl. The molecule has 2 aromatic carbocycles. The molecule has 4 rings (SSSR count). The van der Waals surface area contributed by atoms with Gasteiger partial charge < -0.3 is 14.5 Å². The Morgan fingerprint density at radius 2 is 1.58 bits per heavy atom. The summed E-state index contributed by atoms with van der Waals surface area (Å²) in [5.74, 6) is 1.16. The van der Waals surface area contributed by atoms with Gasteiger partial charge in [-0.3, -0.25) is 9.69 Å². The number of carbonyl (C=O) groups excluding carboxylic acids is 1. The van der Waals surface area contributed by atoms with Crippen LogP contribution >= 0.6 is 12.4 Å². The highest BCUT2D eigenvalue weighted by molar-refractivity contribution is 5.94. The number of likely N-dealkylation sites (tertiary alicyclic amines) is 1. The van der Waals surface area contributed by atoms with Crippen LogP contribution in [0.4, 0.5) is 5.69 Å². The molecule has 33 heavy (non-hydrogen) atoms. The van der Waals surface area contributed by atoms with Gasteiger partial charge in [0.15, 0.2) is 0 Å². The van der Waals surface area contributed by atoms with Crippen molar-refractivity contribution < 1.29 is 9.53 Å². The maximum absolute atomic E-state index is 13.0. The number of rotatable bonds is 6. The second-order valence-corrected chi connectivity index (χ2v) is 9.30. The monoisotopic (exact) mass is 471 g/mol. The second kappa shape index (κ2) is 12.3. The predicted octanol–water partition coefficient (Wildman–Crippen LogP) is 5.23. The van der Waals surface area contributed by atoms with Crippen LogP contribution in [0.3, 0.4) is 0 Å². The van der Waals surface area contributed by atoms with E-state index in [9.17, 15) is 4.79 Å². The molecule has 2 heterocycles. The van der Waals surface area contributed by atoms with Crippen LogP contribution in [0.15, 0.2) is 48.5 Å². The van der Waals surface area contributed by atoms with Crippen molar-refractivity contribution in [1.29, 1.82) is 0 Å². The molecule has 0 aliphatic carbocycles. The van der Waals surface area contributed by atoms with E-state index in [-0.39, 0.29) is 24.4 Å². The van der Waals surface area contributed by atoms with E-state index in [1.807, 2.05) is 23.1 Å². The van der Waals surface area contributed by atoms with Crippen molar-refractivity contribution in [3.8, 4) is 5.75 Å². The summed E-state index contributed by atoms with van der Waals surface area (Å²) in [4.78, 5) is 20.0. The molecule has 5 nitrogen and oxygen atoms in total. The average molecular weight is 472 g/mol. The first kappa shape index (κ1) is 25.4. The van der Waals surface area contributed by atoms with Gasteiger partial charge >= 0.3 is 0 Å². The molecule has 180 valence electrons. The summed E-state index contributed by atoms with van der Waals surface area (Å²) in [7, 11) is 0. The molecule has 0 atom stereocenters. The molecule has 2 aliphatic heterocycles. The fourth-order valence-corrected chi connectivity index (χ4v) is 4.74. The maximum Gasteiger partial charge on any atom is 0.253 e. The standard InChI is InChI=1S/C27H37N3O2.ClH/c1-22(2)32-26-13-6-5-12-25(26)29-18-16-28(17-19-29)21-23-10-9-11-24(20-23)27(31)30-14-7-3-4-8-15-30;/h5-6,9-13,20,22H,3-4,7-8,14-19,21H2,1-2H3;1H. The molecule has 1 amide bonds. The van der Waals surface area contributed by atoms with E-state index in [1.54, 1.807) is 0 Å². The summed E-state index contributed by atoms with van der Waals surface area (Å²) in [6, 6.07) is 16.6. The van der Waals surface area contributed by atoms with E-state index in [1.165, 1.54) is 24.1 Å². The zero-order chi connectivity index (χ0) is 22.3. The molecule has 0 saturated carbocycles. The number of hydrogen-bond acceptors (Lipinski definition) is 4. The van der Waals surface area contributed by atoms with Gasteiger partial charge in [-0.1, -0.05) is 37.1 Å². The first-order valence-corrected chi connectivity index (χ1v) is 12.2. The Labute approximate surface area is 205 Å². The fourth-order valence-electron chi connectivity index (χ4n) is 4.74. The van der Waals surface area contributed by atoms with Crippen LogP contribution in [0.25, 0.3) is 0 Å². The fraction of sp³-hybridized carbons (Fsp3) is 0.519. The van der Waals surface area contributed by atoms with Gasteiger partial charge in [0.25, 0.3) is 5.91 Å². The predicted molar refractivity (Wildman–Crippen MR) is 138 cm³/mol. The minimum Gasteiger partial charge on any atom is -0.489 e. The number of amides is 1. The Balaban J connectivity index is 0.00000306. The van der Waals surface area contributed by atoms with Crippen LogP contribution in [0.1, 0.15) is 55.5 Å². The van der Waals surface area contributed by atoms with Crippen molar-refractivity contribution in [3.63, 3.8) is 0 Å². The quantitative estimate of drug-likeness (QED) is 0.577. The Bertz CT molecular complexity index is 888. The van der Waals surface area contributed by atoms with Gasteiger partial charge in [0.2, 0.25) is 0 Å². The highest BCUT2D eigenvalue weighted by Crippen LogP contribution is 2.30. The van der Waals surface area contributed by atoms with E-state index in [2.05, 4.69) is 54.0 Å². The summed E-state index contributed by atoms with van der Waals surface area (Å²) >= 11 is 0. The van der Waals surface area contributed by atoms with Gasteiger partial charge in [0.05, 0.1) is 11.8 Å². The molecule has 2 fully saturated rings. The second-order valence-electron chi connectivity index (χ2n) is 9.30. The smallest absolute Gasteiger partial charge is 0.253 e. The van der Waals surface area contributed by atoms with Crippen LogP contribution in [0.5, 0.6) is 5.75 Å². The summed E-state index contributed by atoms with van der Waals surface area (Å²) in [5, 5.41) is 0. The number of halogens is 1. The lowest BCUT2D eigenvalue weighted by molar-refractivity contribution is 0.0761. The van der Waals surface area contributed by atoms with E-state index in [4.69, 9.17) is 4.74 Å². The highest BCUT2D eigenvalue weighted by Gasteiger charge is 2.21. The number of carbonyl (C=O) groups is 1. The number of ether oxygens (including phenoxy) is 1. The van der Waals surface area contributed by atoms with Crippen molar-refractivity contribution >= 4 is 24.0 Å². The van der Waals surface area contributed by atoms with Crippen LogP contribution in [0, 0.1) is 0 Å². The lowest BCUT2D eigenvalue weighted by atomic mass is 10.1. The van der Waals surface area contributed by atoms with Crippen LogP contribution in [-0.4, -0.2) is 61.1 Å². The summed E-state index contributed by atoms with van der Waals surface area (Å²) in [6.45, 7) is 10.8. The van der Waals surface area contributed by atoms with Crippen molar-refractivity contribution in [3.05, 3.63) is 59.7 Å². The molecule has 0 bridgehead atoms. The molecule has 0 radical (unpaired) electrons. The summed E-state index contributed by atoms with van der Waals surface area (Å²) in [5.41, 5.74) is 3.25. The van der Waals surface area contributed by atoms with Crippen LogP contribution in [0.2, 0.25) is 0 Å². The minimum absolute atomic E-state index is 0. The van der Waals surface area contributed by atoms with Crippen molar-refractivity contribution in [2.45, 2.75) is 52.2 Å². The van der Waals surface area contributed by atoms with Gasteiger partial charge in [-0.15, -0.1) is 12.4 Å². The van der Waals surface area contributed by atoms with Crippen LogP contribution < -0.4 is 9.64 Å². The number of para-hydroxylation sites is 2. The van der Waals surface area contributed by atoms with Crippen molar-refractivity contribution in [1.82, 2.24) is 9.80 Å². The van der Waals surface area contributed by atoms with E-state index >= 15 is 0 Å². The largest absolute Gasteiger partial charge is 0.489 e. The number of hydrogen-bond donors (Lipinski definition) is 0. The first-order valence-electron chi connectivity index (χ1n) is 12.2. The third-order valence-electron chi connectivity index (χ3n) is 6.41. The summed E-state index contributed by atoms with van der Waals surface area (Å²) in [6.07, 6.45) is 4.90. The van der Waals surface area contributed by atoms with Gasteiger partial charge in [0, 0.05) is 51.4 Å². The number of benzene rings is 2. The van der Waals surface area contributed by atoms with Gasteiger partial charge in [0.1, 0.15) is 5.75 Å². The molecular formula is C27H38ClN3O2. The van der Waals surface area contributed by atoms with E-state index in [0.29, 0.717) is 0 Å². The maximum atomic E-state index is 13.0. The molecule has 2 aromatic rings. The third kappa shape index (κ3) is 6.87. The summed E-state index contributed by atoms with van der Waals surface area (Å²) < 4.78 is 6.02. The van der Waals surface area contributed by atoms with Gasteiger partial charge in [-0.2, -0.15) is 0 Å². The molecule has 0 unspecified atom stereocenters. The Hall–Kier alpha value is -2.24. The van der Waals surface area contributed by atoms with Crippen molar-refractivity contribution in [2.24, 2.45) is 0 Å². The lowest BCUT2D eigenvalue weighted by Gasteiger charge is -2.37. The molecule has 6 heteroatoms. The normalized spacial score (nSPS) is 17.4. The Morgan fingerprint density at radius 1 is 0.879 bits per heavy atom.